The van der Waals surface area contributed by atoms with Crippen molar-refractivity contribution in [3.05, 3.63) is 82.6 Å². The summed E-state index contributed by atoms with van der Waals surface area (Å²) in [6.45, 7) is 5.10. The molecule has 0 fully saturated rings. The van der Waals surface area contributed by atoms with Crippen molar-refractivity contribution >= 4 is 23.1 Å². The van der Waals surface area contributed by atoms with Crippen LogP contribution in [0.3, 0.4) is 0 Å². The number of hydrogen-bond acceptors (Lipinski definition) is 5. The van der Waals surface area contributed by atoms with Gasteiger partial charge in [0.05, 0.1) is 5.69 Å². The minimum atomic E-state index is 0.797. The zero-order chi connectivity index (χ0) is 19.3. The molecule has 2 heterocycles. The molecule has 0 bridgehead atoms. The van der Waals surface area contributed by atoms with Gasteiger partial charge in [0.25, 0.3) is 0 Å². The molecule has 4 aromatic rings. The normalized spacial score (nSPS) is 11.1. The quantitative estimate of drug-likeness (QED) is 0.374. The molecule has 0 aliphatic rings. The molecule has 28 heavy (non-hydrogen) atoms. The third-order valence-corrected chi connectivity index (χ3v) is 6.45. The van der Waals surface area contributed by atoms with E-state index >= 15 is 0 Å². The third-order valence-electron chi connectivity index (χ3n) is 4.51. The zero-order valence-electron chi connectivity index (χ0n) is 16.0. The van der Waals surface area contributed by atoms with Crippen molar-refractivity contribution in [1.82, 2.24) is 19.7 Å². The van der Waals surface area contributed by atoms with E-state index in [1.165, 1.54) is 16.7 Å². The van der Waals surface area contributed by atoms with Gasteiger partial charge in [-0.3, -0.25) is 0 Å². The Balaban J connectivity index is 1.44. The van der Waals surface area contributed by atoms with Gasteiger partial charge in [0.2, 0.25) is 0 Å². The van der Waals surface area contributed by atoms with E-state index in [4.69, 9.17) is 4.98 Å². The summed E-state index contributed by atoms with van der Waals surface area (Å²) in [6, 6.07) is 18.9. The lowest BCUT2D eigenvalue weighted by atomic mass is 10.1. The van der Waals surface area contributed by atoms with Gasteiger partial charge in [-0.25, -0.2) is 4.98 Å². The molecule has 4 nitrogen and oxygen atoms in total. The van der Waals surface area contributed by atoms with Crippen molar-refractivity contribution in [3.63, 3.8) is 0 Å². The van der Waals surface area contributed by atoms with Crippen LogP contribution in [0.15, 0.2) is 65.1 Å². The lowest BCUT2D eigenvalue weighted by Gasteiger charge is -2.07. The second kappa shape index (κ2) is 8.71. The summed E-state index contributed by atoms with van der Waals surface area (Å²) in [4.78, 5) is 4.80. The van der Waals surface area contributed by atoms with Gasteiger partial charge in [0.15, 0.2) is 5.16 Å². The summed E-state index contributed by atoms with van der Waals surface area (Å²) in [5.74, 6) is 1.81. The molecule has 0 saturated carbocycles. The van der Waals surface area contributed by atoms with Crippen molar-refractivity contribution < 1.29 is 0 Å². The number of nitrogens with zero attached hydrogens (tertiary/aromatic N) is 4. The summed E-state index contributed by atoms with van der Waals surface area (Å²) < 4.78 is 2.20. The SMILES string of the molecule is CCn1c(Cc2ccccc2)nnc1SCc1csc(-c2ccc(C)cc2)n1. The molecular formula is C22H22N4S2. The molecule has 0 atom stereocenters. The van der Waals surface area contributed by atoms with E-state index in [0.717, 1.165) is 40.4 Å². The van der Waals surface area contributed by atoms with Crippen LogP contribution in [0.2, 0.25) is 0 Å². The predicted molar refractivity (Wildman–Crippen MR) is 117 cm³/mol. The summed E-state index contributed by atoms with van der Waals surface area (Å²) in [6.07, 6.45) is 0.802. The fourth-order valence-electron chi connectivity index (χ4n) is 2.99. The van der Waals surface area contributed by atoms with Gasteiger partial charge in [-0.05, 0) is 19.4 Å². The maximum Gasteiger partial charge on any atom is 0.191 e. The monoisotopic (exact) mass is 406 g/mol. The summed E-state index contributed by atoms with van der Waals surface area (Å²) >= 11 is 3.39. The zero-order valence-corrected chi connectivity index (χ0v) is 17.6. The standard InChI is InChI=1S/C22H22N4S2/c1-3-26-20(13-17-7-5-4-6-8-17)24-25-22(26)28-15-19-14-27-21(23-19)18-11-9-16(2)10-12-18/h4-12,14H,3,13,15H2,1-2H3. The molecule has 6 heteroatoms. The number of aryl methyl sites for hydroxylation is 1. The molecule has 0 spiro atoms. The first-order valence-electron chi connectivity index (χ1n) is 9.33. The predicted octanol–water partition coefficient (Wildman–Crippen LogP) is 5.61. The largest absolute Gasteiger partial charge is 0.306 e. The van der Waals surface area contributed by atoms with Crippen LogP contribution in [0.4, 0.5) is 0 Å². The third kappa shape index (κ3) is 4.34. The van der Waals surface area contributed by atoms with E-state index in [0.29, 0.717) is 0 Å². The number of rotatable bonds is 7. The number of benzene rings is 2. The van der Waals surface area contributed by atoms with E-state index in [2.05, 4.69) is 82.5 Å². The average Bonchev–Trinajstić information content (AvgIpc) is 3.34. The summed E-state index contributed by atoms with van der Waals surface area (Å²) in [7, 11) is 0. The highest BCUT2D eigenvalue weighted by atomic mass is 32.2. The van der Waals surface area contributed by atoms with Gasteiger partial charge in [0, 0.05) is 29.7 Å². The second-order valence-electron chi connectivity index (χ2n) is 6.60. The van der Waals surface area contributed by atoms with Crippen LogP contribution in [-0.2, 0) is 18.7 Å². The molecule has 0 amide bonds. The molecular weight excluding hydrogens is 384 g/mol. The van der Waals surface area contributed by atoms with Gasteiger partial charge >= 0.3 is 0 Å². The molecule has 0 unspecified atom stereocenters. The Bertz CT molecular complexity index is 1040. The van der Waals surface area contributed by atoms with Gasteiger partial charge in [-0.1, -0.05) is 71.9 Å². The summed E-state index contributed by atoms with van der Waals surface area (Å²) in [5.41, 5.74) is 4.78. The van der Waals surface area contributed by atoms with E-state index < -0.39 is 0 Å². The van der Waals surface area contributed by atoms with E-state index in [1.54, 1.807) is 23.1 Å². The van der Waals surface area contributed by atoms with Crippen LogP contribution < -0.4 is 0 Å². The van der Waals surface area contributed by atoms with Crippen LogP contribution in [0.25, 0.3) is 10.6 Å². The Hall–Kier alpha value is -2.44. The Morgan fingerprint density at radius 1 is 1.00 bits per heavy atom. The van der Waals surface area contributed by atoms with Crippen LogP contribution in [0, 0.1) is 6.92 Å². The van der Waals surface area contributed by atoms with Gasteiger partial charge < -0.3 is 4.57 Å². The van der Waals surface area contributed by atoms with Crippen molar-refractivity contribution in [1.29, 1.82) is 0 Å². The molecule has 0 saturated heterocycles. The maximum atomic E-state index is 4.80. The molecule has 2 aromatic heterocycles. The van der Waals surface area contributed by atoms with Crippen molar-refractivity contribution in [2.24, 2.45) is 0 Å². The second-order valence-corrected chi connectivity index (χ2v) is 8.40. The Morgan fingerprint density at radius 2 is 1.79 bits per heavy atom. The number of hydrogen-bond donors (Lipinski definition) is 0. The van der Waals surface area contributed by atoms with Crippen molar-refractivity contribution in [2.75, 3.05) is 0 Å². The fourth-order valence-corrected chi connectivity index (χ4v) is 4.84. The topological polar surface area (TPSA) is 43.6 Å². The smallest absolute Gasteiger partial charge is 0.191 e. The van der Waals surface area contributed by atoms with Crippen molar-refractivity contribution in [2.45, 2.75) is 37.7 Å². The Morgan fingerprint density at radius 3 is 2.54 bits per heavy atom. The van der Waals surface area contributed by atoms with Gasteiger partial charge in [-0.2, -0.15) is 0 Å². The summed E-state index contributed by atoms with van der Waals surface area (Å²) in [5, 5.41) is 13.0. The molecule has 0 aliphatic carbocycles. The molecule has 142 valence electrons. The lowest BCUT2D eigenvalue weighted by Crippen LogP contribution is -2.04. The fraction of sp³-hybridized carbons (Fsp3) is 0.227. The minimum Gasteiger partial charge on any atom is -0.306 e. The first-order valence-corrected chi connectivity index (χ1v) is 11.2. The van der Waals surface area contributed by atoms with Crippen molar-refractivity contribution in [3.8, 4) is 10.6 Å². The van der Waals surface area contributed by atoms with Gasteiger partial charge in [0.1, 0.15) is 10.8 Å². The highest BCUT2D eigenvalue weighted by Crippen LogP contribution is 2.28. The van der Waals surface area contributed by atoms with Crippen LogP contribution in [0.5, 0.6) is 0 Å². The lowest BCUT2D eigenvalue weighted by molar-refractivity contribution is 0.651. The number of aromatic nitrogens is 4. The first-order chi connectivity index (χ1) is 13.7. The molecule has 0 radical (unpaired) electrons. The Kier molecular flexibility index (Phi) is 5.88. The van der Waals surface area contributed by atoms with Crippen LogP contribution >= 0.6 is 23.1 Å². The first kappa shape index (κ1) is 18.9. The van der Waals surface area contributed by atoms with E-state index in [-0.39, 0.29) is 0 Å². The number of thioether (sulfide) groups is 1. The van der Waals surface area contributed by atoms with Crippen LogP contribution in [0.1, 0.15) is 29.6 Å². The molecule has 0 aliphatic heterocycles. The molecule has 4 rings (SSSR count). The molecule has 2 aromatic carbocycles. The van der Waals surface area contributed by atoms with Crippen LogP contribution in [-0.4, -0.2) is 19.7 Å². The van der Waals surface area contributed by atoms with E-state index in [1.807, 2.05) is 6.07 Å². The Labute approximate surface area is 173 Å². The maximum absolute atomic E-state index is 4.80. The minimum absolute atomic E-state index is 0.797. The molecule has 0 N–H and O–H groups in total. The number of thiazole rings is 1. The average molecular weight is 407 g/mol. The van der Waals surface area contributed by atoms with E-state index in [9.17, 15) is 0 Å². The highest BCUT2D eigenvalue weighted by molar-refractivity contribution is 7.98. The van der Waals surface area contributed by atoms with Gasteiger partial charge in [-0.15, -0.1) is 21.5 Å². The highest BCUT2D eigenvalue weighted by Gasteiger charge is 2.13.